The van der Waals surface area contributed by atoms with Crippen molar-refractivity contribution in [1.82, 2.24) is 5.06 Å². The summed E-state index contributed by atoms with van der Waals surface area (Å²) in [6, 6.07) is 21.2. The molecule has 2 aromatic rings. The molecular weight excluding hydrogens is 246 g/mol. The molecule has 1 unspecified atom stereocenters. The van der Waals surface area contributed by atoms with E-state index in [2.05, 4.69) is 48.5 Å². The minimum absolute atomic E-state index is 0.175. The molecule has 2 nitrogen and oxygen atoms in total. The molecule has 0 bridgehead atoms. The average molecular weight is 267 g/mol. The summed E-state index contributed by atoms with van der Waals surface area (Å²) < 4.78 is 0. The molecule has 0 radical (unpaired) electrons. The number of rotatable bonds is 3. The van der Waals surface area contributed by atoms with E-state index in [1.807, 2.05) is 12.1 Å². The highest BCUT2D eigenvalue weighted by molar-refractivity contribution is 5.34. The van der Waals surface area contributed by atoms with Crippen LogP contribution in [0.15, 0.2) is 60.7 Å². The maximum atomic E-state index is 10.3. The Labute approximate surface area is 120 Å². The van der Waals surface area contributed by atoms with Crippen LogP contribution in [-0.4, -0.2) is 22.9 Å². The van der Waals surface area contributed by atoms with Gasteiger partial charge in [0.05, 0.1) is 0 Å². The van der Waals surface area contributed by atoms with Crippen LogP contribution >= 0.6 is 0 Å². The normalized spacial score (nSPS) is 20.2. The Morgan fingerprint density at radius 3 is 1.90 bits per heavy atom. The highest BCUT2D eigenvalue weighted by Crippen LogP contribution is 2.34. The largest absolute Gasteiger partial charge is 0.314 e. The molecule has 0 saturated carbocycles. The fraction of sp³-hybridized carbons (Fsp3) is 0.333. The highest BCUT2D eigenvalue weighted by Gasteiger charge is 2.31. The predicted molar refractivity (Wildman–Crippen MR) is 80.9 cm³/mol. The third-order valence-corrected chi connectivity index (χ3v) is 4.22. The molecule has 3 rings (SSSR count). The van der Waals surface area contributed by atoms with Crippen LogP contribution in [0.5, 0.6) is 0 Å². The summed E-state index contributed by atoms with van der Waals surface area (Å²) in [5.41, 5.74) is 2.56. The Morgan fingerprint density at radius 2 is 1.40 bits per heavy atom. The van der Waals surface area contributed by atoms with Crippen molar-refractivity contribution < 1.29 is 5.21 Å². The zero-order chi connectivity index (χ0) is 13.8. The minimum atomic E-state index is 0.175. The third-order valence-electron chi connectivity index (χ3n) is 4.22. The number of nitrogens with zero attached hydrogens (tertiary/aromatic N) is 1. The average Bonchev–Trinajstić information content (AvgIpc) is 2.52. The SMILES string of the molecule is ON1CCCCC1C(c1ccccc1)c1ccccc1. The van der Waals surface area contributed by atoms with Gasteiger partial charge in [0.15, 0.2) is 0 Å². The summed E-state index contributed by atoms with van der Waals surface area (Å²) in [5, 5.41) is 11.8. The quantitative estimate of drug-likeness (QED) is 0.906. The van der Waals surface area contributed by atoms with Gasteiger partial charge in [-0.15, -0.1) is 0 Å². The monoisotopic (exact) mass is 267 g/mol. The molecule has 0 spiro atoms. The summed E-state index contributed by atoms with van der Waals surface area (Å²) in [4.78, 5) is 0. The van der Waals surface area contributed by atoms with Crippen LogP contribution < -0.4 is 0 Å². The van der Waals surface area contributed by atoms with Crippen LogP contribution in [0.4, 0.5) is 0 Å². The third kappa shape index (κ3) is 2.77. The fourth-order valence-corrected chi connectivity index (χ4v) is 3.24. The summed E-state index contributed by atoms with van der Waals surface area (Å²) in [6.07, 6.45) is 3.33. The van der Waals surface area contributed by atoms with Crippen LogP contribution in [-0.2, 0) is 0 Å². The van der Waals surface area contributed by atoms with Gasteiger partial charge in [-0.05, 0) is 24.0 Å². The molecule has 0 aliphatic carbocycles. The van der Waals surface area contributed by atoms with Gasteiger partial charge < -0.3 is 5.21 Å². The zero-order valence-electron chi connectivity index (χ0n) is 11.7. The number of piperidine rings is 1. The molecule has 0 amide bonds. The molecule has 1 aliphatic rings. The van der Waals surface area contributed by atoms with Crippen molar-refractivity contribution in [2.45, 2.75) is 31.2 Å². The molecule has 1 aliphatic heterocycles. The molecule has 0 aromatic heterocycles. The van der Waals surface area contributed by atoms with Gasteiger partial charge in [0.25, 0.3) is 0 Å². The lowest BCUT2D eigenvalue weighted by molar-refractivity contribution is -0.145. The van der Waals surface area contributed by atoms with Gasteiger partial charge in [-0.3, -0.25) is 0 Å². The molecular formula is C18H21NO. The Bertz CT molecular complexity index is 486. The highest BCUT2D eigenvalue weighted by atomic mass is 16.5. The van der Waals surface area contributed by atoms with Gasteiger partial charge in [-0.1, -0.05) is 67.1 Å². The van der Waals surface area contributed by atoms with Crippen LogP contribution in [0.2, 0.25) is 0 Å². The lowest BCUT2D eigenvalue weighted by Gasteiger charge is -2.37. The standard InChI is InChI=1S/C18H21NO/c20-19-14-8-7-13-17(19)18(15-9-3-1-4-10-15)16-11-5-2-6-12-16/h1-6,9-12,17-18,20H,7-8,13-14H2. The van der Waals surface area contributed by atoms with Gasteiger partial charge >= 0.3 is 0 Å². The molecule has 1 saturated heterocycles. The van der Waals surface area contributed by atoms with Crippen molar-refractivity contribution >= 4 is 0 Å². The second kappa shape index (κ2) is 6.21. The summed E-state index contributed by atoms with van der Waals surface area (Å²) in [6.45, 7) is 0.779. The molecule has 20 heavy (non-hydrogen) atoms. The van der Waals surface area contributed by atoms with Crippen LogP contribution in [0.25, 0.3) is 0 Å². The number of benzene rings is 2. The maximum Gasteiger partial charge on any atom is 0.0459 e. The lowest BCUT2D eigenvalue weighted by atomic mass is 9.81. The van der Waals surface area contributed by atoms with E-state index in [1.165, 1.54) is 17.5 Å². The van der Waals surface area contributed by atoms with E-state index < -0.39 is 0 Å². The molecule has 2 heteroatoms. The molecule has 1 heterocycles. The van der Waals surface area contributed by atoms with Crippen LogP contribution in [0.1, 0.15) is 36.3 Å². The minimum Gasteiger partial charge on any atom is -0.314 e. The van der Waals surface area contributed by atoms with E-state index in [1.54, 1.807) is 5.06 Å². The van der Waals surface area contributed by atoms with E-state index in [4.69, 9.17) is 0 Å². The Morgan fingerprint density at radius 1 is 0.850 bits per heavy atom. The molecule has 1 atom stereocenters. The molecule has 104 valence electrons. The van der Waals surface area contributed by atoms with Crippen molar-refractivity contribution in [3.63, 3.8) is 0 Å². The van der Waals surface area contributed by atoms with Crippen molar-refractivity contribution in [2.75, 3.05) is 6.54 Å². The Kier molecular flexibility index (Phi) is 4.14. The smallest absolute Gasteiger partial charge is 0.0459 e. The van der Waals surface area contributed by atoms with Crippen molar-refractivity contribution in [1.29, 1.82) is 0 Å². The molecule has 1 N–H and O–H groups in total. The Balaban J connectivity index is 1.99. The number of hydrogen-bond donors (Lipinski definition) is 1. The van der Waals surface area contributed by atoms with Gasteiger partial charge in [0, 0.05) is 18.5 Å². The van der Waals surface area contributed by atoms with E-state index in [0.717, 1.165) is 19.4 Å². The van der Waals surface area contributed by atoms with Gasteiger partial charge in [-0.25, -0.2) is 0 Å². The van der Waals surface area contributed by atoms with Gasteiger partial charge in [-0.2, -0.15) is 5.06 Å². The second-order valence-electron chi connectivity index (χ2n) is 5.53. The van der Waals surface area contributed by atoms with Gasteiger partial charge in [0.1, 0.15) is 0 Å². The summed E-state index contributed by atoms with van der Waals surface area (Å²) in [7, 11) is 0. The first kappa shape index (κ1) is 13.3. The topological polar surface area (TPSA) is 23.5 Å². The first-order chi connectivity index (χ1) is 9.86. The van der Waals surface area contributed by atoms with Crippen molar-refractivity contribution in [3.05, 3.63) is 71.8 Å². The van der Waals surface area contributed by atoms with Gasteiger partial charge in [0.2, 0.25) is 0 Å². The number of hydrogen-bond acceptors (Lipinski definition) is 2. The van der Waals surface area contributed by atoms with Crippen molar-refractivity contribution in [3.8, 4) is 0 Å². The van der Waals surface area contributed by atoms with E-state index in [0.29, 0.717) is 0 Å². The fourth-order valence-electron chi connectivity index (χ4n) is 3.24. The van der Waals surface area contributed by atoms with E-state index in [-0.39, 0.29) is 12.0 Å². The van der Waals surface area contributed by atoms with E-state index >= 15 is 0 Å². The number of hydroxylamine groups is 2. The van der Waals surface area contributed by atoms with E-state index in [9.17, 15) is 5.21 Å². The first-order valence-electron chi connectivity index (χ1n) is 7.41. The lowest BCUT2D eigenvalue weighted by Crippen LogP contribution is -2.41. The van der Waals surface area contributed by atoms with Crippen molar-refractivity contribution in [2.24, 2.45) is 0 Å². The second-order valence-corrected chi connectivity index (χ2v) is 5.53. The Hall–Kier alpha value is -1.64. The molecule has 2 aromatic carbocycles. The van der Waals surface area contributed by atoms with Crippen LogP contribution in [0, 0.1) is 0 Å². The molecule has 1 fully saturated rings. The first-order valence-corrected chi connectivity index (χ1v) is 7.41. The predicted octanol–water partition coefficient (Wildman–Crippen LogP) is 4.06. The maximum absolute atomic E-state index is 10.3. The zero-order valence-corrected chi connectivity index (χ0v) is 11.7. The summed E-state index contributed by atoms with van der Waals surface area (Å²) >= 11 is 0. The van der Waals surface area contributed by atoms with Crippen LogP contribution in [0.3, 0.4) is 0 Å². The summed E-state index contributed by atoms with van der Waals surface area (Å²) in [5.74, 6) is 0.239.